The Morgan fingerprint density at radius 3 is 2.34 bits per heavy atom. The van der Waals surface area contributed by atoms with Crippen LogP contribution in [-0.4, -0.2) is 18.4 Å². The second-order valence-corrected chi connectivity index (χ2v) is 10.6. The molecule has 1 heterocycles. The Morgan fingerprint density at radius 1 is 0.868 bits per heavy atom. The summed E-state index contributed by atoms with van der Waals surface area (Å²) in [5, 5.41) is 3.00. The average Bonchev–Trinajstić information content (AvgIpc) is 2.93. The van der Waals surface area contributed by atoms with Crippen molar-refractivity contribution < 1.29 is 9.59 Å². The molecule has 190 valence electrons. The largest absolute Gasteiger partial charge is 0.352 e. The Morgan fingerprint density at radius 2 is 1.58 bits per heavy atom. The molecule has 5 rings (SSSR count). The Hall–Kier alpha value is -4.09. The third-order valence-corrected chi connectivity index (χ3v) is 7.79. The van der Waals surface area contributed by atoms with Gasteiger partial charge < -0.3 is 10.2 Å². The second kappa shape index (κ2) is 11.5. The summed E-state index contributed by atoms with van der Waals surface area (Å²) in [5.41, 5.74) is 7.13. The van der Waals surface area contributed by atoms with Crippen molar-refractivity contribution >= 4 is 35.3 Å². The third-order valence-electron chi connectivity index (χ3n) is 6.71. The van der Waals surface area contributed by atoms with Gasteiger partial charge in [-0.2, -0.15) is 0 Å². The van der Waals surface area contributed by atoms with E-state index in [0.29, 0.717) is 23.6 Å². The molecule has 0 atom stereocenters. The van der Waals surface area contributed by atoms with Crippen molar-refractivity contribution in [3.63, 3.8) is 0 Å². The van der Waals surface area contributed by atoms with Crippen LogP contribution >= 0.6 is 11.8 Å². The van der Waals surface area contributed by atoms with E-state index in [1.54, 1.807) is 0 Å². The quantitative estimate of drug-likeness (QED) is 0.269. The van der Waals surface area contributed by atoms with Gasteiger partial charge in [0.1, 0.15) is 0 Å². The van der Waals surface area contributed by atoms with E-state index < -0.39 is 0 Å². The van der Waals surface area contributed by atoms with Gasteiger partial charge >= 0.3 is 0 Å². The molecule has 0 saturated carbocycles. The number of rotatable bonds is 7. The maximum atomic E-state index is 13.6. The molecule has 1 N–H and O–H groups in total. The molecule has 0 aromatic heterocycles. The van der Waals surface area contributed by atoms with E-state index in [2.05, 4.69) is 61.6 Å². The lowest BCUT2D eigenvalue weighted by Gasteiger charge is -2.31. The molecule has 4 aromatic carbocycles. The van der Waals surface area contributed by atoms with Gasteiger partial charge in [-0.25, -0.2) is 0 Å². The van der Waals surface area contributed by atoms with Crippen molar-refractivity contribution in [2.24, 2.45) is 0 Å². The van der Waals surface area contributed by atoms with Crippen molar-refractivity contribution in [3.8, 4) is 0 Å². The van der Waals surface area contributed by atoms with Gasteiger partial charge in [0.05, 0.1) is 17.1 Å². The molecule has 5 heteroatoms. The van der Waals surface area contributed by atoms with Crippen LogP contribution in [0.2, 0.25) is 0 Å². The van der Waals surface area contributed by atoms with Gasteiger partial charge in [-0.1, -0.05) is 90.1 Å². The summed E-state index contributed by atoms with van der Waals surface area (Å²) in [4.78, 5) is 29.8. The fourth-order valence-corrected chi connectivity index (χ4v) is 5.50. The van der Waals surface area contributed by atoms with E-state index in [-0.39, 0.29) is 11.8 Å². The van der Waals surface area contributed by atoms with E-state index in [0.717, 1.165) is 33.7 Å². The summed E-state index contributed by atoms with van der Waals surface area (Å²) in [6, 6.07) is 31.9. The average molecular weight is 519 g/mol. The SMILES string of the molecule is Cc1ccc(CCNC(=O)c2ccc(C=C3Sc4ccccc4N(Cc4ccccc4C)C3=O)cc2)cc1. The summed E-state index contributed by atoms with van der Waals surface area (Å²) in [6.07, 6.45) is 2.70. The van der Waals surface area contributed by atoms with Crippen molar-refractivity contribution in [1.82, 2.24) is 5.32 Å². The zero-order valence-electron chi connectivity index (χ0n) is 21.6. The van der Waals surface area contributed by atoms with Gasteiger partial charge in [0.2, 0.25) is 0 Å². The molecule has 38 heavy (non-hydrogen) atoms. The standard InChI is InChI=1S/C33H30N2O2S/c1-23-11-13-25(14-12-23)19-20-34-32(36)27-17-15-26(16-18-27)21-31-33(37)35(22-28-8-4-3-7-24(28)2)29-9-5-6-10-30(29)38-31/h3-18,21H,19-20,22H2,1-2H3,(H,34,36). The topological polar surface area (TPSA) is 49.4 Å². The molecule has 0 spiro atoms. The van der Waals surface area contributed by atoms with Gasteiger partial charge in [-0.05, 0) is 72.9 Å². The number of carbonyl (C=O) groups is 2. The number of para-hydroxylation sites is 1. The van der Waals surface area contributed by atoms with Crippen LogP contribution in [0.15, 0.2) is 107 Å². The van der Waals surface area contributed by atoms with Gasteiger partial charge in [-0.15, -0.1) is 0 Å². The van der Waals surface area contributed by atoms with Crippen LogP contribution in [0.25, 0.3) is 6.08 Å². The summed E-state index contributed by atoms with van der Waals surface area (Å²) in [5.74, 6) is -0.118. The highest BCUT2D eigenvalue weighted by Crippen LogP contribution is 2.42. The van der Waals surface area contributed by atoms with Crippen LogP contribution in [0.1, 0.15) is 38.2 Å². The van der Waals surface area contributed by atoms with Crippen LogP contribution < -0.4 is 10.2 Å². The minimum atomic E-state index is -0.0993. The first-order valence-electron chi connectivity index (χ1n) is 12.8. The maximum Gasteiger partial charge on any atom is 0.265 e. The van der Waals surface area contributed by atoms with E-state index >= 15 is 0 Å². The number of hydrogen-bond donors (Lipinski definition) is 1. The Kier molecular flexibility index (Phi) is 7.75. The van der Waals surface area contributed by atoms with Crippen LogP contribution in [-0.2, 0) is 17.8 Å². The van der Waals surface area contributed by atoms with Crippen LogP contribution in [0.5, 0.6) is 0 Å². The molecule has 0 saturated heterocycles. The molecule has 4 aromatic rings. The second-order valence-electron chi connectivity index (χ2n) is 9.51. The van der Waals surface area contributed by atoms with Gasteiger partial charge in [-0.3, -0.25) is 9.59 Å². The van der Waals surface area contributed by atoms with Crippen molar-refractivity contribution in [2.75, 3.05) is 11.4 Å². The Bertz CT molecular complexity index is 1490. The summed E-state index contributed by atoms with van der Waals surface area (Å²) < 4.78 is 0. The number of anilines is 1. The lowest BCUT2D eigenvalue weighted by molar-refractivity contribution is -0.114. The van der Waals surface area contributed by atoms with Gasteiger partial charge in [0.25, 0.3) is 11.8 Å². The molecule has 1 aliphatic heterocycles. The number of hydrogen-bond acceptors (Lipinski definition) is 3. The fourth-order valence-electron chi connectivity index (χ4n) is 4.44. The minimum Gasteiger partial charge on any atom is -0.352 e. The van der Waals surface area contributed by atoms with Crippen molar-refractivity contribution in [2.45, 2.75) is 31.7 Å². The van der Waals surface area contributed by atoms with Crippen LogP contribution in [0.4, 0.5) is 5.69 Å². The number of nitrogens with zero attached hydrogens (tertiary/aromatic N) is 1. The summed E-state index contributed by atoms with van der Waals surface area (Å²) in [7, 11) is 0. The van der Waals surface area contributed by atoms with E-state index in [1.165, 1.54) is 22.9 Å². The summed E-state index contributed by atoms with van der Waals surface area (Å²) in [6.45, 7) is 5.23. The zero-order chi connectivity index (χ0) is 26.5. The normalized spacial score (nSPS) is 13.9. The molecule has 2 amide bonds. The highest BCUT2D eigenvalue weighted by atomic mass is 32.2. The molecule has 0 fully saturated rings. The molecule has 0 aliphatic carbocycles. The lowest BCUT2D eigenvalue weighted by atomic mass is 10.1. The maximum absolute atomic E-state index is 13.6. The Balaban J connectivity index is 1.29. The van der Waals surface area contributed by atoms with Crippen LogP contribution in [0.3, 0.4) is 0 Å². The lowest BCUT2D eigenvalue weighted by Crippen LogP contribution is -2.33. The smallest absolute Gasteiger partial charge is 0.265 e. The number of thioether (sulfide) groups is 1. The van der Waals surface area contributed by atoms with Gasteiger partial charge in [0.15, 0.2) is 0 Å². The Labute approximate surface area is 228 Å². The number of aryl methyl sites for hydroxylation is 2. The molecular formula is C33H30N2O2S. The predicted octanol–water partition coefficient (Wildman–Crippen LogP) is 6.96. The molecule has 0 radical (unpaired) electrons. The van der Waals surface area contributed by atoms with Crippen LogP contribution in [0, 0.1) is 13.8 Å². The van der Waals surface area contributed by atoms with Gasteiger partial charge in [0, 0.05) is 17.0 Å². The van der Waals surface area contributed by atoms with E-state index in [1.807, 2.05) is 65.6 Å². The first kappa shape index (κ1) is 25.6. The first-order valence-corrected chi connectivity index (χ1v) is 13.6. The molecule has 1 aliphatic rings. The highest BCUT2D eigenvalue weighted by molar-refractivity contribution is 8.04. The molecule has 0 unspecified atom stereocenters. The highest BCUT2D eigenvalue weighted by Gasteiger charge is 2.29. The van der Waals surface area contributed by atoms with E-state index in [9.17, 15) is 9.59 Å². The first-order chi connectivity index (χ1) is 18.5. The number of benzene rings is 4. The molecule has 4 nitrogen and oxygen atoms in total. The molecular weight excluding hydrogens is 488 g/mol. The molecule has 0 bridgehead atoms. The van der Waals surface area contributed by atoms with Crippen molar-refractivity contribution in [3.05, 3.63) is 135 Å². The number of carbonyl (C=O) groups excluding carboxylic acids is 2. The predicted molar refractivity (Wildman–Crippen MR) is 156 cm³/mol. The third kappa shape index (κ3) is 5.90. The number of amides is 2. The monoisotopic (exact) mass is 518 g/mol. The minimum absolute atomic E-state index is 0.0186. The fraction of sp³-hybridized carbons (Fsp3) is 0.152. The number of nitrogens with one attached hydrogen (secondary N) is 1. The van der Waals surface area contributed by atoms with E-state index in [4.69, 9.17) is 0 Å². The zero-order valence-corrected chi connectivity index (χ0v) is 22.4. The number of fused-ring (bicyclic) bond motifs is 1. The van der Waals surface area contributed by atoms with Crippen molar-refractivity contribution in [1.29, 1.82) is 0 Å². The summed E-state index contributed by atoms with van der Waals surface area (Å²) >= 11 is 1.49.